The van der Waals surface area contributed by atoms with Crippen LogP contribution in [0.1, 0.15) is 30.0 Å². The third-order valence-electron chi connectivity index (χ3n) is 3.74. The highest BCUT2D eigenvalue weighted by Crippen LogP contribution is 2.28. The van der Waals surface area contributed by atoms with Crippen molar-refractivity contribution in [3.05, 3.63) is 35.1 Å². The molecule has 4 heteroatoms. The third kappa shape index (κ3) is 3.75. The number of nitrogens with one attached hydrogen (secondary N) is 1. The Morgan fingerprint density at radius 1 is 1.37 bits per heavy atom. The zero-order valence-electron chi connectivity index (χ0n) is 11.5. The van der Waals surface area contributed by atoms with Crippen LogP contribution in [0.25, 0.3) is 0 Å². The minimum absolute atomic E-state index is 0.0779. The largest absolute Gasteiger partial charge is 0.396 e. The number of aryl methyl sites for hydroxylation is 1. The lowest BCUT2D eigenvalue weighted by atomic mass is 9.97. The highest BCUT2D eigenvalue weighted by Gasteiger charge is 2.24. The van der Waals surface area contributed by atoms with Gasteiger partial charge in [-0.25, -0.2) is 4.39 Å². The molecule has 1 saturated heterocycles. The molecule has 0 unspecified atom stereocenters. The molecule has 1 aromatic carbocycles. The quantitative estimate of drug-likeness (QED) is 0.854. The molecule has 0 aromatic heterocycles. The molecule has 2 N–H and O–H groups in total. The van der Waals surface area contributed by atoms with E-state index in [0.717, 1.165) is 43.7 Å². The molecule has 0 bridgehead atoms. The number of piperazine rings is 1. The molecule has 106 valence electrons. The first-order valence-electron chi connectivity index (χ1n) is 7.04. The van der Waals surface area contributed by atoms with Crippen molar-refractivity contribution in [3.63, 3.8) is 0 Å². The Labute approximate surface area is 114 Å². The molecule has 0 amide bonds. The summed E-state index contributed by atoms with van der Waals surface area (Å²) in [6, 6.07) is 5.38. The van der Waals surface area contributed by atoms with Crippen molar-refractivity contribution in [2.45, 2.75) is 25.8 Å². The summed E-state index contributed by atoms with van der Waals surface area (Å²) in [6.07, 6.45) is 1.51. The molecule has 0 radical (unpaired) electrons. The number of rotatable bonds is 5. The average molecular weight is 266 g/mol. The first-order chi connectivity index (χ1) is 9.22. The lowest BCUT2D eigenvalue weighted by Gasteiger charge is -2.35. The number of aliphatic hydroxyl groups is 1. The van der Waals surface area contributed by atoms with E-state index < -0.39 is 0 Å². The van der Waals surface area contributed by atoms with E-state index in [9.17, 15) is 4.39 Å². The molecular formula is C15H23FN2O. The second kappa shape index (κ2) is 6.98. The molecule has 1 aliphatic heterocycles. The van der Waals surface area contributed by atoms with Crippen molar-refractivity contribution in [2.24, 2.45) is 0 Å². The minimum atomic E-state index is -0.132. The maximum Gasteiger partial charge on any atom is 0.128 e. The van der Waals surface area contributed by atoms with Crippen LogP contribution in [0.15, 0.2) is 18.2 Å². The van der Waals surface area contributed by atoms with Crippen molar-refractivity contribution >= 4 is 0 Å². The van der Waals surface area contributed by atoms with Gasteiger partial charge in [0.05, 0.1) is 0 Å². The molecule has 19 heavy (non-hydrogen) atoms. The predicted molar refractivity (Wildman–Crippen MR) is 74.6 cm³/mol. The van der Waals surface area contributed by atoms with Gasteiger partial charge in [0.25, 0.3) is 0 Å². The Kier molecular flexibility index (Phi) is 5.31. The van der Waals surface area contributed by atoms with E-state index in [1.54, 1.807) is 12.1 Å². The molecular weight excluding hydrogens is 243 g/mol. The lowest BCUT2D eigenvalue weighted by molar-refractivity contribution is 0.151. The summed E-state index contributed by atoms with van der Waals surface area (Å²) >= 11 is 0. The number of halogens is 1. The third-order valence-corrected chi connectivity index (χ3v) is 3.74. The second-order valence-electron chi connectivity index (χ2n) is 5.19. The Hall–Kier alpha value is -0.970. The standard InChI is InChI=1S/C15H23FN2O/c1-12-4-5-14(16)13(11-12)15(3-2-10-19)18-8-6-17-7-9-18/h4-5,11,15,17,19H,2-3,6-10H2,1H3/t15-/m1/s1. The number of aliphatic hydroxyl groups excluding tert-OH is 1. The Morgan fingerprint density at radius 2 is 2.11 bits per heavy atom. The average Bonchev–Trinajstić information content (AvgIpc) is 2.44. The fourth-order valence-corrected chi connectivity index (χ4v) is 2.73. The molecule has 1 aromatic rings. The summed E-state index contributed by atoms with van der Waals surface area (Å²) < 4.78 is 14.1. The first-order valence-corrected chi connectivity index (χ1v) is 7.04. The normalized spacial score (nSPS) is 18.5. The SMILES string of the molecule is Cc1ccc(F)c([C@@H](CCCO)N2CCNCC2)c1. The topological polar surface area (TPSA) is 35.5 Å². The van der Waals surface area contributed by atoms with Gasteiger partial charge in [0, 0.05) is 44.4 Å². The van der Waals surface area contributed by atoms with Crippen molar-refractivity contribution in [1.29, 1.82) is 0 Å². The molecule has 3 nitrogen and oxygen atoms in total. The minimum Gasteiger partial charge on any atom is -0.396 e. The molecule has 1 heterocycles. The smallest absolute Gasteiger partial charge is 0.128 e. The van der Waals surface area contributed by atoms with Crippen LogP contribution in [0, 0.1) is 12.7 Å². The highest BCUT2D eigenvalue weighted by molar-refractivity contribution is 5.27. The summed E-state index contributed by atoms with van der Waals surface area (Å²) in [5.74, 6) is -0.132. The zero-order chi connectivity index (χ0) is 13.7. The van der Waals surface area contributed by atoms with Gasteiger partial charge in [-0.15, -0.1) is 0 Å². The van der Waals surface area contributed by atoms with E-state index >= 15 is 0 Å². The molecule has 2 rings (SSSR count). The summed E-state index contributed by atoms with van der Waals surface area (Å²) in [5, 5.41) is 12.4. The molecule has 0 spiro atoms. The maximum atomic E-state index is 14.1. The van der Waals surface area contributed by atoms with Gasteiger partial charge in [0.1, 0.15) is 5.82 Å². The van der Waals surface area contributed by atoms with Gasteiger partial charge in [-0.05, 0) is 25.8 Å². The van der Waals surface area contributed by atoms with Gasteiger partial charge < -0.3 is 10.4 Å². The van der Waals surface area contributed by atoms with E-state index in [-0.39, 0.29) is 18.5 Å². The molecule has 0 saturated carbocycles. The van der Waals surface area contributed by atoms with Crippen molar-refractivity contribution < 1.29 is 9.50 Å². The maximum absolute atomic E-state index is 14.1. The summed E-state index contributed by atoms with van der Waals surface area (Å²) in [4.78, 5) is 2.32. The van der Waals surface area contributed by atoms with Crippen LogP contribution in [0.3, 0.4) is 0 Å². The fraction of sp³-hybridized carbons (Fsp3) is 0.600. The van der Waals surface area contributed by atoms with Crippen molar-refractivity contribution in [3.8, 4) is 0 Å². The van der Waals surface area contributed by atoms with E-state index in [1.165, 1.54) is 0 Å². The predicted octanol–water partition coefficient (Wildman–Crippen LogP) is 1.85. The van der Waals surface area contributed by atoms with Crippen LogP contribution in [-0.2, 0) is 0 Å². The molecule has 1 atom stereocenters. The van der Waals surface area contributed by atoms with Crippen LogP contribution in [-0.4, -0.2) is 42.8 Å². The molecule has 1 aliphatic rings. The van der Waals surface area contributed by atoms with Crippen LogP contribution >= 0.6 is 0 Å². The van der Waals surface area contributed by atoms with Gasteiger partial charge in [0.15, 0.2) is 0 Å². The molecule has 1 fully saturated rings. The number of hydrogen-bond donors (Lipinski definition) is 2. The summed E-state index contributed by atoms with van der Waals surface area (Å²) in [7, 11) is 0. The summed E-state index contributed by atoms with van der Waals surface area (Å²) in [6.45, 7) is 5.92. The van der Waals surface area contributed by atoms with E-state index in [0.29, 0.717) is 6.42 Å². The van der Waals surface area contributed by atoms with Crippen LogP contribution in [0.2, 0.25) is 0 Å². The van der Waals surface area contributed by atoms with Gasteiger partial charge in [-0.3, -0.25) is 4.90 Å². The van der Waals surface area contributed by atoms with Gasteiger partial charge in [0.2, 0.25) is 0 Å². The van der Waals surface area contributed by atoms with Gasteiger partial charge >= 0.3 is 0 Å². The number of benzene rings is 1. The zero-order valence-corrected chi connectivity index (χ0v) is 11.5. The van der Waals surface area contributed by atoms with Crippen LogP contribution in [0.4, 0.5) is 4.39 Å². The van der Waals surface area contributed by atoms with E-state index in [4.69, 9.17) is 5.11 Å². The first kappa shape index (κ1) is 14.4. The number of nitrogens with zero attached hydrogens (tertiary/aromatic N) is 1. The fourth-order valence-electron chi connectivity index (χ4n) is 2.73. The molecule has 0 aliphatic carbocycles. The lowest BCUT2D eigenvalue weighted by Crippen LogP contribution is -2.45. The Bertz CT molecular complexity index is 405. The number of hydrogen-bond acceptors (Lipinski definition) is 3. The Morgan fingerprint density at radius 3 is 2.79 bits per heavy atom. The summed E-state index contributed by atoms with van der Waals surface area (Å²) in [5.41, 5.74) is 1.86. The van der Waals surface area contributed by atoms with Crippen molar-refractivity contribution in [1.82, 2.24) is 10.2 Å². The Balaban J connectivity index is 2.22. The monoisotopic (exact) mass is 266 g/mol. The van der Waals surface area contributed by atoms with Crippen LogP contribution < -0.4 is 5.32 Å². The van der Waals surface area contributed by atoms with Gasteiger partial charge in [-0.1, -0.05) is 17.7 Å². The van der Waals surface area contributed by atoms with Crippen LogP contribution in [0.5, 0.6) is 0 Å². The van der Waals surface area contributed by atoms with E-state index in [1.807, 2.05) is 13.0 Å². The van der Waals surface area contributed by atoms with Gasteiger partial charge in [-0.2, -0.15) is 0 Å². The highest BCUT2D eigenvalue weighted by atomic mass is 19.1. The van der Waals surface area contributed by atoms with E-state index in [2.05, 4.69) is 10.2 Å². The van der Waals surface area contributed by atoms with Crippen molar-refractivity contribution in [2.75, 3.05) is 32.8 Å². The second-order valence-corrected chi connectivity index (χ2v) is 5.19.